The first-order valence-electron chi connectivity index (χ1n) is 4.63. The highest BCUT2D eigenvalue weighted by Gasteiger charge is 2.14. The van der Waals surface area contributed by atoms with E-state index < -0.39 is 17.3 Å². The molecule has 1 rings (SSSR count). The van der Waals surface area contributed by atoms with E-state index >= 15 is 0 Å². The second kappa shape index (κ2) is 4.63. The van der Waals surface area contributed by atoms with Gasteiger partial charge in [-0.2, -0.15) is 0 Å². The van der Waals surface area contributed by atoms with E-state index in [1.54, 1.807) is 0 Å². The normalized spacial score (nSPS) is 12.6. The minimum Gasteiger partial charge on any atom is -0.481 e. The first-order chi connectivity index (χ1) is 7.04. The lowest BCUT2D eigenvalue weighted by molar-refractivity contribution is -0.138. The number of aliphatic carboxylic acids is 1. The van der Waals surface area contributed by atoms with Crippen molar-refractivity contribution in [1.82, 2.24) is 14.8 Å². The number of nitrogens with one attached hydrogen (secondary N) is 2. The van der Waals surface area contributed by atoms with Gasteiger partial charge in [-0.1, -0.05) is 13.3 Å². The van der Waals surface area contributed by atoms with E-state index in [0.29, 0.717) is 6.42 Å². The van der Waals surface area contributed by atoms with E-state index in [0.717, 1.165) is 4.57 Å². The first-order valence-corrected chi connectivity index (χ1v) is 4.63. The predicted molar refractivity (Wildman–Crippen MR) is 51.7 cm³/mol. The molecule has 0 radical (unpaired) electrons. The monoisotopic (exact) mass is 215 g/mol. The predicted octanol–water partition coefficient (Wildman–Crippen LogP) is -0.634. The van der Waals surface area contributed by atoms with Crippen LogP contribution in [0.4, 0.5) is 0 Å². The van der Waals surface area contributed by atoms with Gasteiger partial charge in [0.1, 0.15) is 0 Å². The van der Waals surface area contributed by atoms with Gasteiger partial charge in [-0.25, -0.2) is 24.4 Å². The first kappa shape index (κ1) is 11.3. The van der Waals surface area contributed by atoms with Crippen LogP contribution < -0.4 is 11.4 Å². The number of hydrogen-bond donors (Lipinski definition) is 3. The van der Waals surface area contributed by atoms with Crippen LogP contribution in [0, 0.1) is 5.92 Å². The summed E-state index contributed by atoms with van der Waals surface area (Å²) in [5.74, 6) is -1.14. The summed E-state index contributed by atoms with van der Waals surface area (Å²) in [5.41, 5.74) is -1.08. The van der Waals surface area contributed by atoms with Gasteiger partial charge in [-0.3, -0.25) is 4.79 Å². The van der Waals surface area contributed by atoms with Crippen LogP contribution >= 0.6 is 0 Å². The summed E-state index contributed by atoms with van der Waals surface area (Å²) in [6, 6.07) is 0. The van der Waals surface area contributed by atoms with Crippen LogP contribution in [-0.2, 0) is 11.3 Å². The number of H-pyrrole nitrogens is 2. The number of nitrogens with zero attached hydrogens (tertiary/aromatic N) is 1. The molecule has 1 heterocycles. The lowest BCUT2D eigenvalue weighted by atomic mass is 10.0. The Bertz CT molecular complexity index is 414. The maximum atomic E-state index is 11.1. The highest BCUT2D eigenvalue weighted by atomic mass is 16.4. The molecule has 0 fully saturated rings. The quantitative estimate of drug-likeness (QED) is 0.607. The summed E-state index contributed by atoms with van der Waals surface area (Å²) < 4.78 is 0.969. The number of aromatic nitrogens is 3. The molecule has 0 saturated heterocycles. The molecule has 3 N–H and O–H groups in total. The molecule has 0 aliphatic rings. The van der Waals surface area contributed by atoms with Crippen molar-refractivity contribution in [2.24, 2.45) is 5.92 Å². The molecule has 0 amide bonds. The van der Waals surface area contributed by atoms with Gasteiger partial charge in [0.05, 0.1) is 0 Å². The fourth-order valence-electron chi connectivity index (χ4n) is 1.34. The van der Waals surface area contributed by atoms with Gasteiger partial charge in [-0.05, 0) is 5.92 Å². The zero-order valence-corrected chi connectivity index (χ0v) is 8.32. The molecule has 0 saturated carbocycles. The van der Waals surface area contributed by atoms with Gasteiger partial charge in [0.25, 0.3) is 0 Å². The summed E-state index contributed by atoms with van der Waals surface area (Å²) in [4.78, 5) is 32.7. The summed E-state index contributed by atoms with van der Waals surface area (Å²) in [5, 5.41) is 12.9. The summed E-state index contributed by atoms with van der Waals surface area (Å²) in [6.07, 6.45) is 0.552. The number of carboxylic acids is 1. The molecule has 15 heavy (non-hydrogen) atoms. The summed E-state index contributed by atoms with van der Waals surface area (Å²) in [7, 11) is 0. The smallest absolute Gasteiger partial charge is 0.344 e. The number of carboxylic acid groups (broad SMARTS) is 1. The van der Waals surface area contributed by atoms with Gasteiger partial charge in [0.15, 0.2) is 0 Å². The lowest BCUT2D eigenvalue weighted by Crippen LogP contribution is -2.30. The molecule has 0 aliphatic heterocycles. The van der Waals surface area contributed by atoms with Gasteiger partial charge in [0.2, 0.25) is 0 Å². The van der Waals surface area contributed by atoms with Crippen molar-refractivity contribution in [1.29, 1.82) is 0 Å². The van der Waals surface area contributed by atoms with E-state index in [9.17, 15) is 14.4 Å². The maximum Gasteiger partial charge on any atom is 0.344 e. The van der Waals surface area contributed by atoms with E-state index in [1.165, 1.54) is 0 Å². The zero-order chi connectivity index (χ0) is 11.4. The standard InChI is InChI=1S/C8H13N3O4/c1-2-5(3-6(12)13)4-11-7(14)9-10-8(11)15/h5H,2-4H2,1H3,(H,9,14)(H,10,15)(H,12,13). The van der Waals surface area contributed by atoms with Gasteiger partial charge in [-0.15, -0.1) is 0 Å². The van der Waals surface area contributed by atoms with Crippen LogP contribution in [0.1, 0.15) is 19.8 Å². The second-order valence-electron chi connectivity index (χ2n) is 3.34. The molecule has 0 aromatic carbocycles. The minimum absolute atomic E-state index is 0.0481. The van der Waals surface area contributed by atoms with E-state index in [-0.39, 0.29) is 18.9 Å². The van der Waals surface area contributed by atoms with Crippen LogP contribution in [0.3, 0.4) is 0 Å². The van der Waals surface area contributed by atoms with Gasteiger partial charge < -0.3 is 5.11 Å². The molecular weight excluding hydrogens is 202 g/mol. The molecule has 1 unspecified atom stereocenters. The summed E-state index contributed by atoms with van der Waals surface area (Å²) >= 11 is 0. The van der Waals surface area contributed by atoms with Gasteiger partial charge in [0, 0.05) is 13.0 Å². The van der Waals surface area contributed by atoms with Crippen molar-refractivity contribution in [2.75, 3.05) is 0 Å². The minimum atomic E-state index is -0.929. The van der Waals surface area contributed by atoms with Gasteiger partial charge >= 0.3 is 17.3 Å². The van der Waals surface area contributed by atoms with Crippen molar-refractivity contribution >= 4 is 5.97 Å². The zero-order valence-electron chi connectivity index (χ0n) is 8.32. The van der Waals surface area contributed by atoms with E-state index in [1.807, 2.05) is 6.92 Å². The van der Waals surface area contributed by atoms with E-state index in [2.05, 4.69) is 10.2 Å². The molecular formula is C8H13N3O4. The van der Waals surface area contributed by atoms with Crippen LogP contribution in [0.5, 0.6) is 0 Å². The maximum absolute atomic E-state index is 11.1. The third-order valence-corrected chi connectivity index (χ3v) is 2.25. The largest absolute Gasteiger partial charge is 0.481 e. The molecule has 0 bridgehead atoms. The average molecular weight is 215 g/mol. The Kier molecular flexibility index (Phi) is 3.48. The molecule has 1 atom stereocenters. The van der Waals surface area contributed by atoms with Crippen molar-refractivity contribution < 1.29 is 9.90 Å². The molecule has 0 aliphatic carbocycles. The number of aromatic amines is 2. The van der Waals surface area contributed by atoms with Crippen LogP contribution in [-0.4, -0.2) is 25.8 Å². The molecule has 7 nitrogen and oxygen atoms in total. The third-order valence-electron chi connectivity index (χ3n) is 2.25. The fraction of sp³-hybridized carbons (Fsp3) is 0.625. The SMILES string of the molecule is CCC(CC(=O)O)Cn1c(=O)[nH][nH]c1=O. The Balaban J connectivity index is 2.79. The van der Waals surface area contributed by atoms with Crippen molar-refractivity contribution in [3.63, 3.8) is 0 Å². The molecule has 84 valence electrons. The molecule has 1 aromatic heterocycles. The Morgan fingerprint density at radius 2 is 1.93 bits per heavy atom. The number of hydrogen-bond acceptors (Lipinski definition) is 3. The summed E-state index contributed by atoms with van der Waals surface area (Å²) in [6.45, 7) is 1.94. The van der Waals surface area contributed by atoms with Crippen LogP contribution in [0.25, 0.3) is 0 Å². The Hall–Kier alpha value is -1.79. The Labute approximate surface area is 84.7 Å². The van der Waals surface area contributed by atoms with Crippen molar-refractivity contribution in [3.8, 4) is 0 Å². The molecule has 1 aromatic rings. The Morgan fingerprint density at radius 1 is 1.40 bits per heavy atom. The van der Waals surface area contributed by atoms with Crippen molar-refractivity contribution in [2.45, 2.75) is 26.3 Å². The number of rotatable bonds is 5. The number of carbonyl (C=O) groups is 1. The third kappa shape index (κ3) is 2.83. The van der Waals surface area contributed by atoms with Crippen molar-refractivity contribution in [3.05, 3.63) is 21.0 Å². The highest BCUT2D eigenvalue weighted by molar-refractivity contribution is 5.66. The van der Waals surface area contributed by atoms with E-state index in [4.69, 9.17) is 5.11 Å². The topological polar surface area (TPSA) is 108 Å². The molecule has 7 heteroatoms. The second-order valence-corrected chi connectivity index (χ2v) is 3.34. The molecule has 0 spiro atoms. The highest BCUT2D eigenvalue weighted by Crippen LogP contribution is 2.08. The fourth-order valence-corrected chi connectivity index (χ4v) is 1.34. The Morgan fingerprint density at radius 3 is 2.33 bits per heavy atom. The average Bonchev–Trinajstić information content (AvgIpc) is 2.47. The van der Waals surface area contributed by atoms with Crippen LogP contribution in [0.15, 0.2) is 9.59 Å². The lowest BCUT2D eigenvalue weighted by Gasteiger charge is -2.10. The van der Waals surface area contributed by atoms with Crippen LogP contribution in [0.2, 0.25) is 0 Å².